The van der Waals surface area contributed by atoms with Crippen molar-refractivity contribution in [3.63, 3.8) is 0 Å². The molecule has 1 aromatic carbocycles. The van der Waals surface area contributed by atoms with Gasteiger partial charge in [-0.25, -0.2) is 18.1 Å². The number of sulfonamides is 1. The molecule has 3 rings (SSSR count). The summed E-state index contributed by atoms with van der Waals surface area (Å²) in [6, 6.07) is 6.98. The summed E-state index contributed by atoms with van der Waals surface area (Å²) in [5.41, 5.74) is 1.60. The monoisotopic (exact) mass is 377 g/mol. The molecular weight excluding hydrogens is 350 g/mol. The Morgan fingerprint density at radius 2 is 1.81 bits per heavy atom. The highest BCUT2D eigenvalue weighted by Crippen LogP contribution is 2.24. The van der Waals surface area contributed by atoms with Crippen LogP contribution in [0.3, 0.4) is 0 Å². The molecule has 1 N–H and O–H groups in total. The molecule has 2 heterocycles. The number of hydrogen-bond acceptors (Lipinski definition) is 5. The van der Waals surface area contributed by atoms with Gasteiger partial charge in [0.2, 0.25) is 10.0 Å². The summed E-state index contributed by atoms with van der Waals surface area (Å²) in [5, 5.41) is 0. The van der Waals surface area contributed by atoms with E-state index in [4.69, 9.17) is 4.42 Å². The number of oxazole rings is 1. The van der Waals surface area contributed by atoms with E-state index in [9.17, 15) is 8.42 Å². The van der Waals surface area contributed by atoms with E-state index in [2.05, 4.69) is 21.5 Å². The van der Waals surface area contributed by atoms with E-state index in [-0.39, 0.29) is 10.9 Å². The quantitative estimate of drug-likeness (QED) is 0.837. The van der Waals surface area contributed by atoms with Crippen molar-refractivity contribution in [1.29, 1.82) is 0 Å². The van der Waals surface area contributed by atoms with Gasteiger partial charge in [0.25, 0.3) is 0 Å². The third-order valence-corrected chi connectivity index (χ3v) is 6.36. The van der Waals surface area contributed by atoms with E-state index in [1.807, 2.05) is 6.92 Å². The summed E-state index contributed by atoms with van der Waals surface area (Å²) < 4.78 is 33.3. The first-order valence-corrected chi connectivity index (χ1v) is 10.6. The average Bonchev–Trinajstić information content (AvgIpc) is 2.99. The first-order chi connectivity index (χ1) is 12.4. The van der Waals surface area contributed by atoms with Crippen molar-refractivity contribution in [3.8, 4) is 11.3 Å². The summed E-state index contributed by atoms with van der Waals surface area (Å²) in [7, 11) is -3.52. The number of piperidine rings is 1. The standard InChI is InChI=1S/C19H27N3O3S/c1-14(22-11-5-4-6-12-22)13-20-26(23,24)18-9-7-17(8-10-18)19-15(2)25-16(3)21-19/h7-10,14,20H,4-6,11-13H2,1-3H3. The van der Waals surface area contributed by atoms with Crippen LogP contribution in [-0.2, 0) is 10.0 Å². The molecule has 2 aromatic rings. The zero-order valence-electron chi connectivity index (χ0n) is 15.7. The predicted octanol–water partition coefficient (Wildman–Crippen LogP) is 3.11. The van der Waals surface area contributed by atoms with Crippen LogP contribution < -0.4 is 4.72 Å². The minimum Gasteiger partial charge on any atom is -0.446 e. The molecule has 0 radical (unpaired) electrons. The van der Waals surface area contributed by atoms with Crippen molar-refractivity contribution in [1.82, 2.24) is 14.6 Å². The second-order valence-corrected chi connectivity index (χ2v) is 8.73. The van der Waals surface area contributed by atoms with Crippen LogP contribution in [0.25, 0.3) is 11.3 Å². The lowest BCUT2D eigenvalue weighted by Gasteiger charge is -2.32. The predicted molar refractivity (Wildman–Crippen MR) is 101 cm³/mol. The second kappa shape index (κ2) is 7.90. The summed E-state index contributed by atoms with van der Waals surface area (Å²) in [4.78, 5) is 6.97. The van der Waals surface area contributed by atoms with Crippen LogP contribution in [0.1, 0.15) is 37.8 Å². The number of likely N-dealkylation sites (tertiary alicyclic amines) is 1. The Hall–Kier alpha value is -1.70. The van der Waals surface area contributed by atoms with E-state index in [0.717, 1.165) is 30.1 Å². The Bertz CT molecular complexity index is 837. The van der Waals surface area contributed by atoms with E-state index in [1.165, 1.54) is 19.3 Å². The zero-order valence-corrected chi connectivity index (χ0v) is 16.5. The molecule has 7 heteroatoms. The van der Waals surface area contributed by atoms with Crippen molar-refractivity contribution in [2.24, 2.45) is 0 Å². The first-order valence-electron chi connectivity index (χ1n) is 9.15. The minimum absolute atomic E-state index is 0.199. The molecule has 0 saturated carbocycles. The Kier molecular flexibility index (Phi) is 5.79. The molecular formula is C19H27N3O3S. The summed E-state index contributed by atoms with van der Waals surface area (Å²) in [6.45, 7) is 8.24. The molecule has 1 fully saturated rings. The lowest BCUT2D eigenvalue weighted by molar-refractivity contribution is 0.175. The number of aromatic nitrogens is 1. The van der Waals surface area contributed by atoms with Gasteiger partial charge in [-0.3, -0.25) is 4.90 Å². The largest absolute Gasteiger partial charge is 0.446 e. The Labute approximate surface area is 155 Å². The van der Waals surface area contributed by atoms with E-state index < -0.39 is 10.0 Å². The third kappa shape index (κ3) is 4.34. The summed E-state index contributed by atoms with van der Waals surface area (Å²) >= 11 is 0. The summed E-state index contributed by atoms with van der Waals surface area (Å²) in [6.07, 6.45) is 3.66. The van der Waals surface area contributed by atoms with Gasteiger partial charge in [-0.05, 0) is 51.9 Å². The number of aryl methyl sites for hydroxylation is 2. The van der Waals surface area contributed by atoms with Crippen molar-refractivity contribution < 1.29 is 12.8 Å². The third-order valence-electron chi connectivity index (χ3n) is 4.92. The van der Waals surface area contributed by atoms with Crippen LogP contribution in [0, 0.1) is 13.8 Å². The Balaban J connectivity index is 1.66. The molecule has 142 valence electrons. The molecule has 6 nitrogen and oxygen atoms in total. The maximum absolute atomic E-state index is 12.6. The summed E-state index contributed by atoms with van der Waals surface area (Å²) in [5.74, 6) is 1.33. The topological polar surface area (TPSA) is 75.4 Å². The first kappa shape index (κ1) is 19.1. The van der Waals surface area contributed by atoms with Crippen molar-refractivity contribution in [3.05, 3.63) is 35.9 Å². The van der Waals surface area contributed by atoms with Crippen LogP contribution in [-0.4, -0.2) is 44.0 Å². The molecule has 1 saturated heterocycles. The van der Waals surface area contributed by atoms with Gasteiger partial charge in [0.15, 0.2) is 5.89 Å². The van der Waals surface area contributed by atoms with Crippen LogP contribution in [0.4, 0.5) is 0 Å². The van der Waals surface area contributed by atoms with Crippen molar-refractivity contribution in [2.45, 2.75) is 51.0 Å². The smallest absolute Gasteiger partial charge is 0.240 e. The molecule has 1 aliphatic rings. The molecule has 1 aromatic heterocycles. The van der Waals surface area contributed by atoms with Crippen LogP contribution in [0.15, 0.2) is 33.6 Å². The fourth-order valence-corrected chi connectivity index (χ4v) is 4.51. The average molecular weight is 378 g/mol. The molecule has 1 aliphatic heterocycles. The lowest BCUT2D eigenvalue weighted by Crippen LogP contribution is -2.44. The normalized spacial score (nSPS) is 17.3. The van der Waals surface area contributed by atoms with Crippen LogP contribution >= 0.6 is 0 Å². The molecule has 0 aliphatic carbocycles. The second-order valence-electron chi connectivity index (χ2n) is 6.96. The highest BCUT2D eigenvalue weighted by Gasteiger charge is 2.20. The van der Waals surface area contributed by atoms with Gasteiger partial charge in [-0.15, -0.1) is 0 Å². The number of hydrogen-bond donors (Lipinski definition) is 1. The lowest BCUT2D eigenvalue weighted by atomic mass is 10.1. The van der Waals surface area contributed by atoms with Gasteiger partial charge in [0.1, 0.15) is 11.5 Å². The van der Waals surface area contributed by atoms with Crippen molar-refractivity contribution >= 4 is 10.0 Å². The molecule has 0 amide bonds. The molecule has 0 spiro atoms. The van der Waals surface area contributed by atoms with E-state index in [1.54, 1.807) is 31.2 Å². The van der Waals surface area contributed by atoms with Crippen LogP contribution in [0.2, 0.25) is 0 Å². The van der Waals surface area contributed by atoms with Gasteiger partial charge in [-0.2, -0.15) is 0 Å². The van der Waals surface area contributed by atoms with Gasteiger partial charge in [0.05, 0.1) is 4.90 Å². The van der Waals surface area contributed by atoms with Crippen LogP contribution in [0.5, 0.6) is 0 Å². The fraction of sp³-hybridized carbons (Fsp3) is 0.526. The SMILES string of the molecule is Cc1nc(-c2ccc(S(=O)(=O)NCC(C)N3CCCCC3)cc2)c(C)o1. The zero-order chi connectivity index (χ0) is 18.7. The number of benzene rings is 1. The highest BCUT2D eigenvalue weighted by atomic mass is 32.2. The molecule has 1 unspecified atom stereocenters. The number of nitrogens with zero attached hydrogens (tertiary/aromatic N) is 2. The van der Waals surface area contributed by atoms with Crippen molar-refractivity contribution in [2.75, 3.05) is 19.6 Å². The van der Waals surface area contributed by atoms with Gasteiger partial charge >= 0.3 is 0 Å². The maximum Gasteiger partial charge on any atom is 0.240 e. The maximum atomic E-state index is 12.6. The van der Waals surface area contributed by atoms with Gasteiger partial charge < -0.3 is 4.42 Å². The Morgan fingerprint density at radius 1 is 1.15 bits per heavy atom. The van der Waals surface area contributed by atoms with Gasteiger partial charge in [0, 0.05) is 25.1 Å². The number of nitrogens with one attached hydrogen (secondary N) is 1. The van der Waals surface area contributed by atoms with E-state index >= 15 is 0 Å². The molecule has 1 atom stereocenters. The molecule has 26 heavy (non-hydrogen) atoms. The Morgan fingerprint density at radius 3 is 2.38 bits per heavy atom. The minimum atomic E-state index is -3.52. The number of rotatable bonds is 6. The highest BCUT2D eigenvalue weighted by molar-refractivity contribution is 7.89. The van der Waals surface area contributed by atoms with E-state index in [0.29, 0.717) is 12.4 Å². The fourth-order valence-electron chi connectivity index (χ4n) is 3.39. The van der Waals surface area contributed by atoms with Gasteiger partial charge in [-0.1, -0.05) is 18.6 Å². The molecule has 0 bridgehead atoms.